The summed E-state index contributed by atoms with van der Waals surface area (Å²) in [6, 6.07) is 12.5. The average Bonchev–Trinajstić information content (AvgIpc) is 3.30. The van der Waals surface area contributed by atoms with E-state index in [1.165, 1.54) is 0 Å². The van der Waals surface area contributed by atoms with E-state index in [-0.39, 0.29) is 12.5 Å². The quantitative estimate of drug-likeness (QED) is 0.515. The second-order valence-electron chi connectivity index (χ2n) is 5.77. The van der Waals surface area contributed by atoms with E-state index >= 15 is 0 Å². The van der Waals surface area contributed by atoms with Crippen LogP contribution in [0.2, 0.25) is 0 Å². The van der Waals surface area contributed by atoms with E-state index in [1.807, 2.05) is 30.5 Å². The van der Waals surface area contributed by atoms with Crippen molar-refractivity contribution in [1.82, 2.24) is 15.8 Å². The molecule has 2 amide bonds. The molecule has 0 aliphatic heterocycles. The van der Waals surface area contributed by atoms with Crippen molar-refractivity contribution in [2.24, 2.45) is 0 Å². The highest BCUT2D eigenvalue weighted by atomic mass is 32.1. The monoisotopic (exact) mass is 397 g/mol. The maximum absolute atomic E-state index is 12.0. The van der Waals surface area contributed by atoms with Crippen LogP contribution < -0.4 is 15.6 Å². The molecule has 2 heterocycles. The minimum absolute atomic E-state index is 0.205. The molecule has 4 aromatic rings. The Hall–Kier alpha value is -2.97. The molecular weight excluding hydrogens is 382 g/mol. The van der Waals surface area contributed by atoms with Crippen molar-refractivity contribution in [1.29, 1.82) is 0 Å². The van der Waals surface area contributed by atoms with Gasteiger partial charge >= 0.3 is 0 Å². The molecule has 0 aliphatic rings. The molecule has 0 aliphatic carbocycles. The molecule has 4 rings (SSSR count). The van der Waals surface area contributed by atoms with Gasteiger partial charge in [-0.1, -0.05) is 18.2 Å². The fourth-order valence-electron chi connectivity index (χ4n) is 2.67. The molecule has 136 valence electrons. The smallest absolute Gasteiger partial charge is 0.276 e. The number of ether oxygens (including phenoxy) is 1. The van der Waals surface area contributed by atoms with Gasteiger partial charge in [0, 0.05) is 17.0 Å². The van der Waals surface area contributed by atoms with Crippen molar-refractivity contribution in [3.05, 3.63) is 58.4 Å². The first-order valence-corrected chi connectivity index (χ1v) is 9.86. The molecule has 27 heavy (non-hydrogen) atoms. The van der Waals surface area contributed by atoms with E-state index in [1.54, 1.807) is 46.9 Å². The standard InChI is InChI=1S/C19H15N3O3S2/c1-11-20-17-15(27-11)9-14(13-7-8-26-18(13)17)25-10-16(23)21-22-19(24)12-5-3-2-4-6-12/h2-9H,10H2,1H3,(H,21,23)(H,22,24). The van der Waals surface area contributed by atoms with Crippen LogP contribution in [0.4, 0.5) is 0 Å². The zero-order valence-corrected chi connectivity index (χ0v) is 15.9. The van der Waals surface area contributed by atoms with Crippen LogP contribution in [0.25, 0.3) is 20.3 Å². The molecule has 0 spiro atoms. The molecule has 0 atom stereocenters. The van der Waals surface area contributed by atoms with Crippen molar-refractivity contribution >= 4 is 54.8 Å². The highest BCUT2D eigenvalue weighted by Crippen LogP contribution is 2.38. The first kappa shape index (κ1) is 17.4. The second kappa shape index (κ2) is 7.34. The van der Waals surface area contributed by atoms with Crippen LogP contribution in [-0.4, -0.2) is 23.4 Å². The van der Waals surface area contributed by atoms with Crippen LogP contribution in [0.5, 0.6) is 5.75 Å². The third kappa shape index (κ3) is 3.62. The van der Waals surface area contributed by atoms with Crippen molar-refractivity contribution in [3.8, 4) is 5.75 Å². The third-order valence-electron chi connectivity index (χ3n) is 3.88. The zero-order valence-electron chi connectivity index (χ0n) is 14.3. The number of amides is 2. The summed E-state index contributed by atoms with van der Waals surface area (Å²) in [5.41, 5.74) is 6.17. The summed E-state index contributed by atoms with van der Waals surface area (Å²) in [7, 11) is 0. The Morgan fingerprint density at radius 2 is 1.96 bits per heavy atom. The lowest BCUT2D eigenvalue weighted by atomic mass is 10.2. The minimum Gasteiger partial charge on any atom is -0.483 e. The van der Waals surface area contributed by atoms with Crippen LogP contribution >= 0.6 is 22.7 Å². The SMILES string of the molecule is Cc1nc2c(cc(OCC(=O)NNC(=O)c3ccccc3)c3ccsc32)s1. The predicted molar refractivity (Wildman–Crippen MR) is 107 cm³/mol. The number of thiophene rings is 1. The van der Waals surface area contributed by atoms with Gasteiger partial charge < -0.3 is 4.74 Å². The van der Waals surface area contributed by atoms with Gasteiger partial charge in [0.25, 0.3) is 11.8 Å². The van der Waals surface area contributed by atoms with Gasteiger partial charge in [-0.3, -0.25) is 20.4 Å². The summed E-state index contributed by atoms with van der Waals surface area (Å²) < 4.78 is 7.79. The summed E-state index contributed by atoms with van der Waals surface area (Å²) in [6.07, 6.45) is 0. The normalized spacial score (nSPS) is 10.9. The molecular formula is C19H15N3O3S2. The Morgan fingerprint density at radius 3 is 2.78 bits per heavy atom. The summed E-state index contributed by atoms with van der Waals surface area (Å²) >= 11 is 3.19. The van der Waals surface area contributed by atoms with Gasteiger partial charge in [0.05, 0.1) is 19.9 Å². The summed E-state index contributed by atoms with van der Waals surface area (Å²) in [5, 5.41) is 3.89. The summed E-state index contributed by atoms with van der Waals surface area (Å²) in [5.74, 6) is -0.194. The molecule has 0 saturated heterocycles. The fraction of sp³-hybridized carbons (Fsp3) is 0.105. The van der Waals surface area contributed by atoms with Crippen LogP contribution in [0, 0.1) is 6.92 Å². The maximum atomic E-state index is 12.0. The van der Waals surface area contributed by atoms with Gasteiger partial charge in [-0.05, 0) is 30.5 Å². The zero-order chi connectivity index (χ0) is 18.8. The van der Waals surface area contributed by atoms with Crippen molar-refractivity contribution < 1.29 is 14.3 Å². The largest absolute Gasteiger partial charge is 0.483 e. The fourth-order valence-corrected chi connectivity index (χ4v) is 4.51. The van der Waals surface area contributed by atoms with Crippen molar-refractivity contribution in [2.45, 2.75) is 6.92 Å². The first-order valence-electron chi connectivity index (χ1n) is 8.16. The summed E-state index contributed by atoms with van der Waals surface area (Å²) in [6.45, 7) is 1.76. The molecule has 0 unspecified atom stereocenters. The van der Waals surface area contributed by atoms with E-state index in [9.17, 15) is 9.59 Å². The van der Waals surface area contributed by atoms with Gasteiger partial charge in [-0.25, -0.2) is 4.98 Å². The van der Waals surface area contributed by atoms with Gasteiger partial charge in [0.15, 0.2) is 6.61 Å². The topological polar surface area (TPSA) is 80.3 Å². The molecule has 6 nitrogen and oxygen atoms in total. The van der Waals surface area contributed by atoms with E-state index in [4.69, 9.17) is 4.74 Å². The van der Waals surface area contributed by atoms with Crippen LogP contribution in [-0.2, 0) is 4.79 Å². The number of carbonyl (C=O) groups is 2. The van der Waals surface area contributed by atoms with Gasteiger partial charge in [0.1, 0.15) is 5.75 Å². The number of fused-ring (bicyclic) bond motifs is 3. The van der Waals surface area contributed by atoms with E-state index in [0.717, 1.165) is 25.3 Å². The Kier molecular flexibility index (Phi) is 4.74. The number of aromatic nitrogens is 1. The van der Waals surface area contributed by atoms with Gasteiger partial charge in [0.2, 0.25) is 0 Å². The summed E-state index contributed by atoms with van der Waals surface area (Å²) in [4.78, 5) is 28.6. The van der Waals surface area contributed by atoms with Crippen LogP contribution in [0.3, 0.4) is 0 Å². The second-order valence-corrected chi connectivity index (χ2v) is 7.93. The molecule has 0 radical (unpaired) electrons. The van der Waals surface area contributed by atoms with E-state index < -0.39 is 5.91 Å². The number of benzene rings is 2. The van der Waals surface area contributed by atoms with Gasteiger partial charge in [-0.15, -0.1) is 22.7 Å². The van der Waals surface area contributed by atoms with E-state index in [2.05, 4.69) is 15.8 Å². The Labute approximate surface area is 162 Å². The minimum atomic E-state index is -0.441. The molecule has 2 aromatic heterocycles. The molecule has 0 fully saturated rings. The number of hydrogen-bond donors (Lipinski definition) is 2. The lowest BCUT2D eigenvalue weighted by molar-refractivity contribution is -0.123. The molecule has 2 aromatic carbocycles. The lowest BCUT2D eigenvalue weighted by Crippen LogP contribution is -2.43. The maximum Gasteiger partial charge on any atom is 0.276 e. The number of carbonyl (C=O) groups excluding carboxylic acids is 2. The Balaban J connectivity index is 1.43. The number of hydrogen-bond acceptors (Lipinski definition) is 6. The number of nitrogens with zero attached hydrogens (tertiary/aromatic N) is 1. The molecule has 0 bridgehead atoms. The molecule has 2 N–H and O–H groups in total. The lowest BCUT2D eigenvalue weighted by Gasteiger charge is -2.10. The Morgan fingerprint density at radius 1 is 1.15 bits per heavy atom. The van der Waals surface area contributed by atoms with E-state index in [0.29, 0.717) is 11.3 Å². The van der Waals surface area contributed by atoms with Crippen LogP contribution in [0.1, 0.15) is 15.4 Å². The van der Waals surface area contributed by atoms with Crippen molar-refractivity contribution in [2.75, 3.05) is 6.61 Å². The number of nitrogens with one attached hydrogen (secondary N) is 2. The van der Waals surface area contributed by atoms with Crippen molar-refractivity contribution in [3.63, 3.8) is 0 Å². The first-order chi connectivity index (χ1) is 13.1. The third-order valence-corrected chi connectivity index (χ3v) is 5.72. The van der Waals surface area contributed by atoms with Gasteiger partial charge in [-0.2, -0.15) is 0 Å². The van der Waals surface area contributed by atoms with Crippen LogP contribution in [0.15, 0.2) is 47.8 Å². The number of rotatable bonds is 4. The number of hydrazine groups is 1. The Bertz CT molecular complexity index is 1140. The highest BCUT2D eigenvalue weighted by Gasteiger charge is 2.14. The predicted octanol–water partition coefficient (Wildman–Crippen LogP) is 3.66. The highest BCUT2D eigenvalue weighted by molar-refractivity contribution is 7.21. The molecule has 8 heteroatoms. The number of thiazole rings is 1. The average molecular weight is 397 g/mol. The number of aryl methyl sites for hydroxylation is 1. The molecule has 0 saturated carbocycles.